The molecule has 1 aliphatic heterocycles. The molecule has 26 heavy (non-hydrogen) atoms. The quantitative estimate of drug-likeness (QED) is 0.617. The number of sulfonamides is 1. The Hall–Kier alpha value is -1.92. The normalized spacial score (nSPS) is 16.2. The highest BCUT2D eigenvalue weighted by Gasteiger charge is 2.25. The molecular weight excluding hydrogens is 360 g/mol. The molecule has 0 unspecified atom stereocenters. The molecule has 0 amide bonds. The molecule has 0 atom stereocenters. The topological polar surface area (TPSA) is 114 Å². The highest BCUT2D eigenvalue weighted by atomic mass is 32.2. The van der Waals surface area contributed by atoms with Crippen LogP contribution >= 0.6 is 0 Å². The van der Waals surface area contributed by atoms with Crippen LogP contribution in [0.4, 0.5) is 0 Å². The number of nitrogens with zero attached hydrogens (tertiary/aromatic N) is 6. The lowest BCUT2D eigenvalue weighted by Crippen LogP contribution is -2.43. The summed E-state index contributed by atoms with van der Waals surface area (Å²) < 4.78 is 34.1. The number of benzene rings is 1. The molecule has 3 rings (SSSR count). The molecule has 1 saturated heterocycles. The summed E-state index contributed by atoms with van der Waals surface area (Å²) in [7, 11) is -3.74. The largest absolute Gasteiger partial charge is 0.395 e. The third kappa shape index (κ3) is 4.43. The van der Waals surface area contributed by atoms with E-state index in [0.29, 0.717) is 32.0 Å². The van der Waals surface area contributed by atoms with Crippen molar-refractivity contribution < 1.29 is 18.3 Å². The Balaban J connectivity index is 1.77. The van der Waals surface area contributed by atoms with E-state index in [1.165, 1.54) is 27.4 Å². The number of tetrazole rings is 1. The number of aliphatic hydroxyl groups excluding tert-OH is 1. The zero-order chi connectivity index (χ0) is 18.4. The van der Waals surface area contributed by atoms with E-state index in [4.69, 9.17) is 4.74 Å². The van der Waals surface area contributed by atoms with Crippen LogP contribution < -0.4 is 0 Å². The van der Waals surface area contributed by atoms with Crippen LogP contribution in [0.5, 0.6) is 0 Å². The molecule has 0 aliphatic carbocycles. The molecule has 0 radical (unpaired) electrons. The van der Waals surface area contributed by atoms with Gasteiger partial charge in [0.25, 0.3) is 0 Å². The Kier molecular flexibility index (Phi) is 6.27. The van der Waals surface area contributed by atoms with Crippen molar-refractivity contribution in [2.45, 2.75) is 4.90 Å². The molecule has 2 aromatic rings. The average molecular weight is 382 g/mol. The minimum atomic E-state index is -3.74. The van der Waals surface area contributed by atoms with Crippen LogP contribution in [0.1, 0.15) is 0 Å². The van der Waals surface area contributed by atoms with Crippen molar-refractivity contribution in [3.05, 3.63) is 30.6 Å². The second kappa shape index (κ2) is 8.64. The minimum Gasteiger partial charge on any atom is -0.395 e. The Labute approximate surface area is 152 Å². The van der Waals surface area contributed by atoms with Crippen molar-refractivity contribution in [1.82, 2.24) is 29.4 Å². The zero-order valence-electron chi connectivity index (χ0n) is 14.3. The first-order valence-electron chi connectivity index (χ1n) is 8.36. The van der Waals surface area contributed by atoms with Gasteiger partial charge in [-0.3, -0.25) is 4.90 Å². The van der Waals surface area contributed by atoms with Gasteiger partial charge in [-0.25, -0.2) is 13.1 Å². The second-order valence-corrected chi connectivity index (χ2v) is 7.77. The van der Waals surface area contributed by atoms with Crippen LogP contribution in [-0.2, 0) is 14.8 Å². The third-order valence-corrected chi connectivity index (χ3v) is 6.08. The number of morpholine rings is 1. The van der Waals surface area contributed by atoms with Crippen LogP contribution in [0.2, 0.25) is 0 Å². The van der Waals surface area contributed by atoms with Gasteiger partial charge in [0.05, 0.1) is 30.4 Å². The SMILES string of the molecule is O=S(=O)(c1cccc(-n2cnnn2)c1)N(CCO)CCN1CCOCC1. The molecule has 11 heteroatoms. The summed E-state index contributed by atoms with van der Waals surface area (Å²) in [5.74, 6) is 0. The van der Waals surface area contributed by atoms with E-state index in [1.807, 2.05) is 0 Å². The van der Waals surface area contributed by atoms with Gasteiger partial charge in [0, 0.05) is 32.7 Å². The van der Waals surface area contributed by atoms with E-state index in [1.54, 1.807) is 12.1 Å². The molecular formula is C15H22N6O4S. The molecule has 1 aliphatic rings. The van der Waals surface area contributed by atoms with Gasteiger partial charge in [-0.05, 0) is 28.6 Å². The minimum absolute atomic E-state index is 0.0434. The summed E-state index contributed by atoms with van der Waals surface area (Å²) in [5, 5.41) is 20.2. The first-order chi connectivity index (χ1) is 12.6. The van der Waals surface area contributed by atoms with Crippen LogP contribution in [0, 0.1) is 0 Å². The summed E-state index contributed by atoms with van der Waals surface area (Å²) in [6.45, 7) is 3.56. The molecule has 0 spiro atoms. The first kappa shape index (κ1) is 18.9. The zero-order valence-corrected chi connectivity index (χ0v) is 15.1. The predicted octanol–water partition coefficient (Wildman–Crippen LogP) is -1.02. The van der Waals surface area contributed by atoms with Gasteiger partial charge in [-0.15, -0.1) is 5.10 Å². The van der Waals surface area contributed by atoms with Gasteiger partial charge in [-0.2, -0.15) is 4.31 Å². The van der Waals surface area contributed by atoms with E-state index >= 15 is 0 Å². The lowest BCUT2D eigenvalue weighted by Gasteiger charge is -2.29. The number of aliphatic hydroxyl groups is 1. The van der Waals surface area contributed by atoms with E-state index in [9.17, 15) is 13.5 Å². The van der Waals surface area contributed by atoms with E-state index in [-0.39, 0.29) is 18.0 Å². The maximum atomic E-state index is 13.0. The predicted molar refractivity (Wildman–Crippen MR) is 92.3 cm³/mol. The number of rotatable bonds is 8. The Bertz CT molecular complexity index is 792. The third-order valence-electron chi connectivity index (χ3n) is 4.19. The molecule has 0 bridgehead atoms. The number of aromatic nitrogens is 4. The van der Waals surface area contributed by atoms with Gasteiger partial charge in [0.1, 0.15) is 6.33 Å². The van der Waals surface area contributed by atoms with Crippen LogP contribution in [0.15, 0.2) is 35.5 Å². The fourth-order valence-corrected chi connectivity index (χ4v) is 4.22. The lowest BCUT2D eigenvalue weighted by atomic mass is 10.3. The summed E-state index contributed by atoms with van der Waals surface area (Å²) in [5.41, 5.74) is 0.549. The van der Waals surface area contributed by atoms with Crippen LogP contribution in [-0.4, -0.2) is 95.5 Å². The van der Waals surface area contributed by atoms with Crippen molar-refractivity contribution >= 4 is 10.0 Å². The maximum Gasteiger partial charge on any atom is 0.243 e. The van der Waals surface area contributed by atoms with E-state index < -0.39 is 10.0 Å². The molecule has 2 heterocycles. The van der Waals surface area contributed by atoms with Crippen LogP contribution in [0.25, 0.3) is 5.69 Å². The van der Waals surface area contributed by atoms with Gasteiger partial charge in [-0.1, -0.05) is 6.07 Å². The highest BCUT2D eigenvalue weighted by molar-refractivity contribution is 7.89. The lowest BCUT2D eigenvalue weighted by molar-refractivity contribution is 0.0359. The molecule has 142 valence electrons. The average Bonchev–Trinajstić information content (AvgIpc) is 3.21. The van der Waals surface area contributed by atoms with Crippen molar-refractivity contribution in [2.24, 2.45) is 0 Å². The fraction of sp³-hybridized carbons (Fsp3) is 0.533. The van der Waals surface area contributed by atoms with Crippen molar-refractivity contribution in [3.63, 3.8) is 0 Å². The van der Waals surface area contributed by atoms with E-state index in [2.05, 4.69) is 20.4 Å². The summed E-state index contributed by atoms with van der Waals surface area (Å²) in [6, 6.07) is 6.41. The smallest absolute Gasteiger partial charge is 0.243 e. The fourth-order valence-electron chi connectivity index (χ4n) is 2.76. The molecule has 1 fully saturated rings. The summed E-state index contributed by atoms with van der Waals surface area (Å²) in [4.78, 5) is 2.29. The monoisotopic (exact) mass is 382 g/mol. The number of hydrogen-bond acceptors (Lipinski definition) is 8. The Morgan fingerprint density at radius 2 is 2.04 bits per heavy atom. The van der Waals surface area contributed by atoms with Crippen molar-refractivity contribution in [3.8, 4) is 5.69 Å². The van der Waals surface area contributed by atoms with Crippen molar-refractivity contribution in [1.29, 1.82) is 0 Å². The Morgan fingerprint density at radius 1 is 1.23 bits per heavy atom. The van der Waals surface area contributed by atoms with Gasteiger partial charge in [0.15, 0.2) is 0 Å². The van der Waals surface area contributed by atoms with Gasteiger partial charge >= 0.3 is 0 Å². The summed E-state index contributed by atoms with van der Waals surface area (Å²) in [6.07, 6.45) is 1.40. The molecule has 0 saturated carbocycles. The first-order valence-corrected chi connectivity index (χ1v) is 9.80. The molecule has 1 aromatic carbocycles. The van der Waals surface area contributed by atoms with E-state index in [0.717, 1.165) is 13.1 Å². The Morgan fingerprint density at radius 3 is 2.73 bits per heavy atom. The van der Waals surface area contributed by atoms with Crippen LogP contribution in [0.3, 0.4) is 0 Å². The number of hydrogen-bond donors (Lipinski definition) is 1. The standard InChI is InChI=1S/C15H22N6O4S/c22-9-6-20(5-4-19-7-10-25-11-8-19)26(23,24)15-3-1-2-14(12-15)21-13-16-17-18-21/h1-3,12-13,22H,4-11H2. The summed E-state index contributed by atoms with van der Waals surface area (Å²) >= 11 is 0. The highest BCUT2D eigenvalue weighted by Crippen LogP contribution is 2.18. The van der Waals surface area contributed by atoms with Gasteiger partial charge < -0.3 is 9.84 Å². The molecule has 10 nitrogen and oxygen atoms in total. The second-order valence-electron chi connectivity index (χ2n) is 5.83. The molecule has 1 aromatic heterocycles. The molecule has 1 N–H and O–H groups in total. The number of ether oxygens (including phenoxy) is 1. The maximum absolute atomic E-state index is 13.0. The van der Waals surface area contributed by atoms with Crippen molar-refractivity contribution in [2.75, 3.05) is 52.5 Å². The van der Waals surface area contributed by atoms with Gasteiger partial charge in [0.2, 0.25) is 10.0 Å².